The summed E-state index contributed by atoms with van der Waals surface area (Å²) in [5.41, 5.74) is 1.79. The molecule has 0 heterocycles. The SMILES string of the molecule is CCCCC/C(=C\c1ccccc1)[C@H](C#N)OC(=O)OCC. The Bertz CT molecular complexity index is 517. The first-order chi connectivity index (χ1) is 10.7. The summed E-state index contributed by atoms with van der Waals surface area (Å²) in [6, 6.07) is 11.8. The summed E-state index contributed by atoms with van der Waals surface area (Å²) in [5, 5.41) is 9.32. The molecule has 0 amide bonds. The van der Waals surface area contributed by atoms with E-state index in [1.807, 2.05) is 42.5 Å². The summed E-state index contributed by atoms with van der Waals surface area (Å²) >= 11 is 0. The van der Waals surface area contributed by atoms with Crippen LogP contribution in [0.4, 0.5) is 4.79 Å². The minimum atomic E-state index is -0.906. The number of carbonyl (C=O) groups is 1. The van der Waals surface area contributed by atoms with Crippen molar-refractivity contribution in [2.45, 2.75) is 45.6 Å². The number of hydrogen-bond donors (Lipinski definition) is 0. The molecule has 4 nitrogen and oxygen atoms in total. The van der Waals surface area contributed by atoms with Crippen molar-refractivity contribution in [2.24, 2.45) is 0 Å². The van der Waals surface area contributed by atoms with E-state index >= 15 is 0 Å². The molecule has 0 spiro atoms. The van der Waals surface area contributed by atoms with Crippen LogP contribution < -0.4 is 0 Å². The first kappa shape index (κ1) is 17.8. The quantitative estimate of drug-likeness (QED) is 0.515. The molecular weight excluding hydrogens is 278 g/mol. The first-order valence-corrected chi connectivity index (χ1v) is 7.69. The highest BCUT2D eigenvalue weighted by atomic mass is 16.7. The van der Waals surface area contributed by atoms with Crippen LogP contribution in [0.3, 0.4) is 0 Å². The molecule has 118 valence electrons. The Morgan fingerprint density at radius 3 is 2.59 bits per heavy atom. The second-order valence-electron chi connectivity index (χ2n) is 4.90. The highest BCUT2D eigenvalue weighted by Gasteiger charge is 2.19. The molecule has 0 saturated heterocycles. The van der Waals surface area contributed by atoms with Crippen LogP contribution in [0.25, 0.3) is 6.08 Å². The largest absolute Gasteiger partial charge is 0.509 e. The summed E-state index contributed by atoms with van der Waals surface area (Å²) in [4.78, 5) is 11.5. The Hall–Kier alpha value is -2.28. The van der Waals surface area contributed by atoms with Gasteiger partial charge in [-0.1, -0.05) is 56.2 Å². The number of ether oxygens (including phenoxy) is 2. The lowest BCUT2D eigenvalue weighted by molar-refractivity contribution is 0.0504. The average Bonchev–Trinajstić information content (AvgIpc) is 2.53. The van der Waals surface area contributed by atoms with Gasteiger partial charge < -0.3 is 9.47 Å². The molecule has 0 N–H and O–H groups in total. The second-order valence-corrected chi connectivity index (χ2v) is 4.90. The molecule has 0 bridgehead atoms. The van der Waals surface area contributed by atoms with Gasteiger partial charge in [0.25, 0.3) is 0 Å². The predicted octanol–water partition coefficient (Wildman–Crippen LogP) is 4.72. The van der Waals surface area contributed by atoms with Crippen LogP contribution in [0.1, 0.15) is 45.1 Å². The Labute approximate surface area is 132 Å². The van der Waals surface area contributed by atoms with Crippen molar-refractivity contribution in [3.8, 4) is 6.07 Å². The number of nitrogens with zero attached hydrogens (tertiary/aromatic N) is 1. The number of unbranched alkanes of at least 4 members (excludes halogenated alkanes) is 2. The van der Waals surface area contributed by atoms with Gasteiger partial charge in [-0.25, -0.2) is 4.79 Å². The maximum atomic E-state index is 11.5. The number of benzene rings is 1. The zero-order chi connectivity index (χ0) is 16.2. The predicted molar refractivity (Wildman–Crippen MR) is 86.1 cm³/mol. The average molecular weight is 301 g/mol. The lowest BCUT2D eigenvalue weighted by atomic mass is 10.00. The summed E-state index contributed by atoms with van der Waals surface area (Å²) in [6.07, 6.45) is 4.06. The molecule has 22 heavy (non-hydrogen) atoms. The molecule has 0 radical (unpaired) electrons. The topological polar surface area (TPSA) is 59.3 Å². The highest BCUT2D eigenvalue weighted by Crippen LogP contribution is 2.19. The van der Waals surface area contributed by atoms with Crippen LogP contribution >= 0.6 is 0 Å². The fraction of sp³-hybridized carbons (Fsp3) is 0.444. The zero-order valence-corrected chi connectivity index (χ0v) is 13.2. The Kier molecular flexibility index (Phi) is 8.44. The van der Waals surface area contributed by atoms with Crippen LogP contribution in [-0.2, 0) is 9.47 Å². The molecule has 0 aliphatic rings. The van der Waals surface area contributed by atoms with Gasteiger partial charge in [0.2, 0.25) is 6.10 Å². The molecule has 0 fully saturated rings. The smallest absolute Gasteiger partial charge is 0.435 e. The van der Waals surface area contributed by atoms with E-state index in [0.717, 1.165) is 36.8 Å². The number of nitriles is 1. The first-order valence-electron chi connectivity index (χ1n) is 7.69. The lowest BCUT2D eigenvalue weighted by Gasteiger charge is -2.15. The normalized spacial score (nSPS) is 12.3. The molecule has 1 aromatic rings. The van der Waals surface area contributed by atoms with Gasteiger partial charge in [0.15, 0.2) is 0 Å². The third kappa shape index (κ3) is 6.45. The monoisotopic (exact) mass is 301 g/mol. The van der Waals surface area contributed by atoms with Gasteiger partial charge in [-0.2, -0.15) is 5.26 Å². The Morgan fingerprint density at radius 1 is 1.27 bits per heavy atom. The van der Waals surface area contributed by atoms with E-state index in [-0.39, 0.29) is 6.61 Å². The molecular formula is C18H23NO3. The van der Waals surface area contributed by atoms with Crippen LogP contribution in [0.15, 0.2) is 35.9 Å². The molecule has 0 aromatic heterocycles. The highest BCUT2D eigenvalue weighted by molar-refractivity contribution is 5.62. The van der Waals surface area contributed by atoms with E-state index in [4.69, 9.17) is 9.47 Å². The molecule has 0 aliphatic carbocycles. The molecule has 1 atom stereocenters. The van der Waals surface area contributed by atoms with Crippen molar-refractivity contribution in [3.63, 3.8) is 0 Å². The van der Waals surface area contributed by atoms with Crippen molar-refractivity contribution in [1.29, 1.82) is 5.26 Å². The molecule has 1 rings (SSSR count). The minimum absolute atomic E-state index is 0.227. The third-order valence-electron chi connectivity index (χ3n) is 3.15. The summed E-state index contributed by atoms with van der Waals surface area (Å²) in [7, 11) is 0. The van der Waals surface area contributed by atoms with E-state index < -0.39 is 12.3 Å². The lowest BCUT2D eigenvalue weighted by Crippen LogP contribution is -2.19. The number of carbonyl (C=O) groups excluding carboxylic acids is 1. The summed E-state index contributed by atoms with van der Waals surface area (Å²) in [6.45, 7) is 4.05. The van der Waals surface area contributed by atoms with E-state index in [2.05, 4.69) is 6.92 Å². The molecule has 4 heteroatoms. The molecule has 1 aromatic carbocycles. The van der Waals surface area contributed by atoms with Gasteiger partial charge in [-0.05, 0) is 30.9 Å². The Balaban J connectivity index is 2.89. The van der Waals surface area contributed by atoms with Gasteiger partial charge in [0.05, 0.1) is 6.61 Å². The van der Waals surface area contributed by atoms with Crippen molar-refractivity contribution in [1.82, 2.24) is 0 Å². The summed E-state index contributed by atoms with van der Waals surface area (Å²) in [5.74, 6) is 0. The number of rotatable bonds is 8. The van der Waals surface area contributed by atoms with E-state index in [1.165, 1.54) is 0 Å². The second kappa shape index (κ2) is 10.4. The third-order valence-corrected chi connectivity index (χ3v) is 3.15. The van der Waals surface area contributed by atoms with Crippen LogP contribution in [0.2, 0.25) is 0 Å². The van der Waals surface area contributed by atoms with Gasteiger partial charge >= 0.3 is 6.16 Å². The van der Waals surface area contributed by atoms with Gasteiger partial charge in [0, 0.05) is 0 Å². The summed E-state index contributed by atoms with van der Waals surface area (Å²) < 4.78 is 9.88. The Morgan fingerprint density at radius 2 is 2.00 bits per heavy atom. The molecule has 0 aliphatic heterocycles. The van der Waals surface area contributed by atoms with Crippen LogP contribution in [0, 0.1) is 11.3 Å². The van der Waals surface area contributed by atoms with Crippen LogP contribution in [-0.4, -0.2) is 18.9 Å². The van der Waals surface area contributed by atoms with Crippen molar-refractivity contribution < 1.29 is 14.3 Å². The maximum Gasteiger partial charge on any atom is 0.509 e. The van der Waals surface area contributed by atoms with Crippen molar-refractivity contribution in [3.05, 3.63) is 41.5 Å². The molecule has 0 saturated carbocycles. The minimum Gasteiger partial charge on any atom is -0.435 e. The maximum absolute atomic E-state index is 11.5. The van der Waals surface area contributed by atoms with Crippen molar-refractivity contribution in [2.75, 3.05) is 6.61 Å². The standard InChI is InChI=1S/C18H23NO3/c1-3-5-7-12-16(13-15-10-8-6-9-11-15)17(14-19)22-18(20)21-4-2/h6,8-11,13,17H,3-5,7,12H2,1-2H3/b16-13+/t17-/m0/s1. The van der Waals surface area contributed by atoms with Gasteiger partial charge in [0.1, 0.15) is 6.07 Å². The fourth-order valence-corrected chi connectivity index (χ4v) is 2.05. The van der Waals surface area contributed by atoms with Gasteiger partial charge in [-0.15, -0.1) is 0 Å². The van der Waals surface area contributed by atoms with E-state index in [1.54, 1.807) is 6.92 Å². The van der Waals surface area contributed by atoms with E-state index in [0.29, 0.717) is 0 Å². The molecule has 0 unspecified atom stereocenters. The van der Waals surface area contributed by atoms with Crippen molar-refractivity contribution >= 4 is 12.2 Å². The zero-order valence-electron chi connectivity index (χ0n) is 13.2. The fourth-order valence-electron chi connectivity index (χ4n) is 2.05. The number of hydrogen-bond acceptors (Lipinski definition) is 4. The van der Waals surface area contributed by atoms with Crippen LogP contribution in [0.5, 0.6) is 0 Å². The van der Waals surface area contributed by atoms with Gasteiger partial charge in [-0.3, -0.25) is 0 Å². The van der Waals surface area contributed by atoms with E-state index in [9.17, 15) is 10.1 Å².